The van der Waals surface area contributed by atoms with Crippen LogP contribution in [-0.4, -0.2) is 53.4 Å². The van der Waals surface area contributed by atoms with Gasteiger partial charge in [-0.2, -0.15) is 0 Å². The molecule has 0 N–H and O–H groups in total. The van der Waals surface area contributed by atoms with Crippen LogP contribution in [0.5, 0.6) is 11.5 Å². The minimum Gasteiger partial charge on any atom is -0.494 e. The number of rotatable bonds is 12. The minimum absolute atomic E-state index is 0.520. The van der Waals surface area contributed by atoms with E-state index in [0.717, 1.165) is 11.5 Å². The van der Waals surface area contributed by atoms with Gasteiger partial charge in [-0.05, 0) is 31.2 Å². The van der Waals surface area contributed by atoms with E-state index >= 15 is 0 Å². The Bertz CT molecular complexity index is 326. The SMILES string of the molecule is CCOc1ccc(OCCOCCOCCOC)cc1. The predicted molar refractivity (Wildman–Crippen MR) is 76.6 cm³/mol. The molecule has 0 radical (unpaired) electrons. The largest absolute Gasteiger partial charge is 0.494 e. The van der Waals surface area contributed by atoms with Crippen molar-refractivity contribution in [2.75, 3.05) is 53.4 Å². The van der Waals surface area contributed by atoms with Gasteiger partial charge in [0, 0.05) is 7.11 Å². The van der Waals surface area contributed by atoms with Crippen LogP contribution in [-0.2, 0) is 14.2 Å². The molecule has 0 fully saturated rings. The number of hydrogen-bond acceptors (Lipinski definition) is 5. The van der Waals surface area contributed by atoms with E-state index in [1.165, 1.54) is 0 Å². The van der Waals surface area contributed by atoms with Gasteiger partial charge in [0.15, 0.2) is 0 Å². The molecule has 5 heteroatoms. The molecule has 20 heavy (non-hydrogen) atoms. The van der Waals surface area contributed by atoms with Gasteiger partial charge in [0.05, 0.1) is 39.6 Å². The van der Waals surface area contributed by atoms with E-state index in [2.05, 4.69) is 0 Å². The van der Waals surface area contributed by atoms with E-state index in [-0.39, 0.29) is 0 Å². The number of benzene rings is 1. The third-order valence-corrected chi connectivity index (χ3v) is 2.43. The number of hydrogen-bond donors (Lipinski definition) is 0. The van der Waals surface area contributed by atoms with Crippen LogP contribution >= 0.6 is 0 Å². The molecule has 0 amide bonds. The second-order valence-corrected chi connectivity index (χ2v) is 3.97. The van der Waals surface area contributed by atoms with Gasteiger partial charge < -0.3 is 23.7 Å². The summed E-state index contributed by atoms with van der Waals surface area (Å²) in [7, 11) is 1.65. The predicted octanol–water partition coefficient (Wildman–Crippen LogP) is 2.14. The summed E-state index contributed by atoms with van der Waals surface area (Å²) in [5, 5.41) is 0. The van der Waals surface area contributed by atoms with Gasteiger partial charge in [-0.3, -0.25) is 0 Å². The van der Waals surface area contributed by atoms with Gasteiger partial charge in [0.25, 0.3) is 0 Å². The summed E-state index contributed by atoms with van der Waals surface area (Å²) in [5.41, 5.74) is 0. The average molecular weight is 284 g/mol. The first-order valence-corrected chi connectivity index (χ1v) is 6.87. The summed E-state index contributed by atoms with van der Waals surface area (Å²) >= 11 is 0. The summed E-state index contributed by atoms with van der Waals surface area (Å²) < 4.78 is 26.4. The van der Waals surface area contributed by atoms with Crippen LogP contribution in [0.1, 0.15) is 6.92 Å². The molecule has 0 saturated heterocycles. The van der Waals surface area contributed by atoms with Crippen LogP contribution in [0.15, 0.2) is 24.3 Å². The third-order valence-electron chi connectivity index (χ3n) is 2.43. The molecule has 114 valence electrons. The van der Waals surface area contributed by atoms with Crippen LogP contribution in [0.25, 0.3) is 0 Å². The Morgan fingerprint density at radius 3 is 1.75 bits per heavy atom. The normalized spacial score (nSPS) is 10.5. The van der Waals surface area contributed by atoms with Crippen molar-refractivity contribution in [1.29, 1.82) is 0 Å². The van der Waals surface area contributed by atoms with Gasteiger partial charge >= 0.3 is 0 Å². The highest BCUT2D eigenvalue weighted by molar-refractivity contribution is 5.31. The molecule has 0 heterocycles. The molecule has 0 aliphatic heterocycles. The van der Waals surface area contributed by atoms with Crippen molar-refractivity contribution in [2.45, 2.75) is 6.92 Å². The van der Waals surface area contributed by atoms with Crippen molar-refractivity contribution >= 4 is 0 Å². The second kappa shape index (κ2) is 11.5. The van der Waals surface area contributed by atoms with E-state index < -0.39 is 0 Å². The van der Waals surface area contributed by atoms with Crippen LogP contribution in [0, 0.1) is 0 Å². The summed E-state index contributed by atoms with van der Waals surface area (Å²) in [6.45, 7) is 6.04. The number of methoxy groups -OCH3 is 1. The lowest BCUT2D eigenvalue weighted by molar-refractivity contribution is 0.0179. The molecule has 0 aromatic heterocycles. The lowest BCUT2D eigenvalue weighted by atomic mass is 10.3. The molecule has 1 rings (SSSR count). The number of ether oxygens (including phenoxy) is 5. The fourth-order valence-corrected chi connectivity index (χ4v) is 1.48. The van der Waals surface area contributed by atoms with Crippen molar-refractivity contribution in [2.24, 2.45) is 0 Å². The first kappa shape index (κ1) is 16.8. The van der Waals surface area contributed by atoms with Gasteiger partial charge in [-0.1, -0.05) is 0 Å². The van der Waals surface area contributed by atoms with Crippen LogP contribution in [0.3, 0.4) is 0 Å². The molecule has 1 aromatic carbocycles. The molecule has 0 aliphatic rings. The minimum atomic E-state index is 0.520. The topological polar surface area (TPSA) is 46.2 Å². The smallest absolute Gasteiger partial charge is 0.119 e. The monoisotopic (exact) mass is 284 g/mol. The Hall–Kier alpha value is -1.30. The zero-order valence-electron chi connectivity index (χ0n) is 12.3. The van der Waals surface area contributed by atoms with Crippen molar-refractivity contribution in [3.63, 3.8) is 0 Å². The van der Waals surface area contributed by atoms with Crippen LogP contribution < -0.4 is 9.47 Å². The maximum Gasteiger partial charge on any atom is 0.119 e. The molecular weight excluding hydrogens is 260 g/mol. The Morgan fingerprint density at radius 2 is 1.20 bits per heavy atom. The quantitative estimate of drug-likeness (QED) is 0.550. The highest BCUT2D eigenvalue weighted by Gasteiger charge is 1.96. The highest BCUT2D eigenvalue weighted by Crippen LogP contribution is 2.17. The maximum atomic E-state index is 5.54. The van der Waals surface area contributed by atoms with E-state index in [0.29, 0.717) is 46.2 Å². The molecule has 0 saturated carbocycles. The van der Waals surface area contributed by atoms with Crippen molar-refractivity contribution in [1.82, 2.24) is 0 Å². The first-order chi connectivity index (χ1) is 9.86. The van der Waals surface area contributed by atoms with E-state index in [1.54, 1.807) is 7.11 Å². The average Bonchev–Trinajstić information content (AvgIpc) is 2.47. The second-order valence-electron chi connectivity index (χ2n) is 3.97. The summed E-state index contributed by atoms with van der Waals surface area (Å²) in [5.74, 6) is 1.66. The molecule has 0 spiro atoms. The molecule has 0 atom stereocenters. The zero-order valence-corrected chi connectivity index (χ0v) is 12.3. The Balaban J connectivity index is 1.98. The Labute approximate surface area is 120 Å². The maximum absolute atomic E-state index is 5.54. The molecule has 0 bridgehead atoms. The fraction of sp³-hybridized carbons (Fsp3) is 0.600. The molecule has 1 aromatic rings. The standard InChI is InChI=1S/C15H24O5/c1-3-19-14-4-6-15(7-5-14)20-13-12-18-11-10-17-9-8-16-2/h4-7H,3,8-13H2,1-2H3. The Morgan fingerprint density at radius 1 is 0.700 bits per heavy atom. The van der Waals surface area contributed by atoms with Crippen molar-refractivity contribution in [3.8, 4) is 11.5 Å². The lowest BCUT2D eigenvalue weighted by Gasteiger charge is -2.08. The van der Waals surface area contributed by atoms with Crippen molar-refractivity contribution < 1.29 is 23.7 Å². The Kier molecular flexibility index (Phi) is 9.65. The summed E-state index contributed by atoms with van der Waals surface area (Å²) in [6.07, 6.45) is 0. The first-order valence-electron chi connectivity index (χ1n) is 6.87. The van der Waals surface area contributed by atoms with Gasteiger partial charge in [-0.25, -0.2) is 0 Å². The summed E-state index contributed by atoms with van der Waals surface area (Å²) in [4.78, 5) is 0. The fourth-order valence-electron chi connectivity index (χ4n) is 1.48. The molecule has 5 nitrogen and oxygen atoms in total. The van der Waals surface area contributed by atoms with E-state index in [4.69, 9.17) is 23.7 Å². The van der Waals surface area contributed by atoms with Gasteiger partial charge in [0.2, 0.25) is 0 Å². The summed E-state index contributed by atoms with van der Waals surface area (Å²) in [6, 6.07) is 7.56. The lowest BCUT2D eigenvalue weighted by Crippen LogP contribution is -2.12. The van der Waals surface area contributed by atoms with Crippen LogP contribution in [0.2, 0.25) is 0 Å². The van der Waals surface area contributed by atoms with Crippen LogP contribution in [0.4, 0.5) is 0 Å². The van der Waals surface area contributed by atoms with Crippen molar-refractivity contribution in [3.05, 3.63) is 24.3 Å². The molecule has 0 aliphatic carbocycles. The zero-order chi connectivity index (χ0) is 14.5. The molecular formula is C15H24O5. The van der Waals surface area contributed by atoms with Gasteiger partial charge in [-0.15, -0.1) is 0 Å². The van der Waals surface area contributed by atoms with E-state index in [1.807, 2.05) is 31.2 Å². The third kappa shape index (κ3) is 7.99. The van der Waals surface area contributed by atoms with E-state index in [9.17, 15) is 0 Å². The van der Waals surface area contributed by atoms with Gasteiger partial charge in [0.1, 0.15) is 18.1 Å². The molecule has 0 unspecified atom stereocenters. The highest BCUT2D eigenvalue weighted by atomic mass is 16.6.